The molecule has 6 nitrogen and oxygen atoms in total. The summed E-state index contributed by atoms with van der Waals surface area (Å²) < 4.78 is 16.1. The zero-order valence-electron chi connectivity index (χ0n) is 16.8. The number of methoxy groups -OCH3 is 3. The molecular formula is C22H28N2O4. The van der Waals surface area contributed by atoms with E-state index in [0.717, 1.165) is 25.2 Å². The van der Waals surface area contributed by atoms with Crippen LogP contribution in [-0.4, -0.2) is 45.2 Å². The molecule has 0 atom stereocenters. The van der Waals surface area contributed by atoms with Crippen LogP contribution in [0, 0.1) is 0 Å². The molecule has 1 saturated heterocycles. The highest BCUT2D eigenvalue weighted by atomic mass is 16.5. The van der Waals surface area contributed by atoms with Crippen molar-refractivity contribution in [2.75, 3.05) is 34.4 Å². The normalized spacial score (nSPS) is 14.0. The van der Waals surface area contributed by atoms with Crippen molar-refractivity contribution in [1.29, 1.82) is 0 Å². The number of ether oxygens (including phenoxy) is 3. The Bertz CT molecular complexity index is 816. The minimum absolute atomic E-state index is 0.214. The maximum Gasteiger partial charge on any atom is 0.255 e. The first-order valence-electron chi connectivity index (χ1n) is 9.54. The zero-order valence-corrected chi connectivity index (χ0v) is 16.8. The Morgan fingerprint density at radius 1 is 0.929 bits per heavy atom. The van der Waals surface area contributed by atoms with Crippen LogP contribution >= 0.6 is 0 Å². The smallest absolute Gasteiger partial charge is 0.255 e. The second-order valence-electron chi connectivity index (χ2n) is 6.82. The third kappa shape index (κ3) is 4.39. The van der Waals surface area contributed by atoms with Crippen LogP contribution < -0.4 is 19.5 Å². The number of hydrogen-bond acceptors (Lipinski definition) is 5. The van der Waals surface area contributed by atoms with E-state index >= 15 is 0 Å². The van der Waals surface area contributed by atoms with Gasteiger partial charge in [-0.15, -0.1) is 0 Å². The first-order valence-corrected chi connectivity index (χ1v) is 9.54. The van der Waals surface area contributed by atoms with Crippen molar-refractivity contribution in [1.82, 2.24) is 10.2 Å². The van der Waals surface area contributed by atoms with Gasteiger partial charge in [-0.05, 0) is 49.2 Å². The lowest BCUT2D eigenvalue weighted by Gasteiger charge is -2.18. The molecule has 6 heteroatoms. The van der Waals surface area contributed by atoms with E-state index in [1.165, 1.54) is 32.6 Å². The van der Waals surface area contributed by atoms with Crippen LogP contribution in [0.25, 0.3) is 0 Å². The predicted octanol–water partition coefficient (Wildman–Crippen LogP) is 3.24. The van der Waals surface area contributed by atoms with Crippen molar-refractivity contribution >= 4 is 5.91 Å². The number of amides is 1. The van der Waals surface area contributed by atoms with Gasteiger partial charge >= 0.3 is 0 Å². The van der Waals surface area contributed by atoms with E-state index in [1.54, 1.807) is 19.2 Å². The highest BCUT2D eigenvalue weighted by Crippen LogP contribution is 2.39. The molecular weight excluding hydrogens is 356 g/mol. The van der Waals surface area contributed by atoms with Crippen LogP contribution in [0.4, 0.5) is 0 Å². The highest BCUT2D eigenvalue weighted by molar-refractivity contribution is 5.98. The van der Waals surface area contributed by atoms with Gasteiger partial charge in [0.15, 0.2) is 11.5 Å². The molecule has 0 bridgehead atoms. The maximum absolute atomic E-state index is 12.8. The average molecular weight is 384 g/mol. The van der Waals surface area contributed by atoms with Gasteiger partial charge in [0, 0.05) is 13.1 Å². The Hall–Kier alpha value is -2.73. The summed E-state index contributed by atoms with van der Waals surface area (Å²) in [7, 11) is 4.59. The lowest BCUT2D eigenvalue weighted by Crippen LogP contribution is -2.25. The number of benzene rings is 2. The summed E-state index contributed by atoms with van der Waals surface area (Å²) in [5.41, 5.74) is 2.79. The molecule has 2 aromatic rings. The fourth-order valence-corrected chi connectivity index (χ4v) is 3.62. The largest absolute Gasteiger partial charge is 0.493 e. The first kappa shape index (κ1) is 20.0. The molecule has 150 valence electrons. The van der Waals surface area contributed by atoms with Gasteiger partial charge in [0.1, 0.15) is 0 Å². The summed E-state index contributed by atoms with van der Waals surface area (Å²) in [6.45, 7) is 3.67. The van der Waals surface area contributed by atoms with Gasteiger partial charge in [0.05, 0.1) is 26.9 Å². The molecule has 0 aliphatic carbocycles. The maximum atomic E-state index is 12.8. The van der Waals surface area contributed by atoms with E-state index in [-0.39, 0.29) is 5.91 Å². The molecule has 0 aromatic heterocycles. The van der Waals surface area contributed by atoms with Crippen LogP contribution in [0.2, 0.25) is 0 Å². The fourth-order valence-electron chi connectivity index (χ4n) is 3.62. The van der Waals surface area contributed by atoms with E-state index < -0.39 is 0 Å². The van der Waals surface area contributed by atoms with Crippen LogP contribution in [0.3, 0.4) is 0 Å². The SMILES string of the molecule is COc1ccc(C(=O)NCc2ccccc2CN2CCCC2)c(OC)c1OC. The molecule has 1 N–H and O–H groups in total. The van der Waals surface area contributed by atoms with E-state index in [1.807, 2.05) is 12.1 Å². The second-order valence-corrected chi connectivity index (χ2v) is 6.82. The molecule has 0 saturated carbocycles. The van der Waals surface area contributed by atoms with Crippen LogP contribution in [-0.2, 0) is 13.1 Å². The van der Waals surface area contributed by atoms with Gasteiger partial charge in [-0.1, -0.05) is 24.3 Å². The van der Waals surface area contributed by atoms with E-state index in [9.17, 15) is 4.79 Å². The Kier molecular flexibility index (Phi) is 6.76. The van der Waals surface area contributed by atoms with Crippen molar-refractivity contribution in [3.05, 3.63) is 53.1 Å². The summed E-state index contributed by atoms with van der Waals surface area (Å²) in [5, 5.41) is 3.01. The summed E-state index contributed by atoms with van der Waals surface area (Å²) in [4.78, 5) is 15.3. The number of nitrogens with zero attached hydrogens (tertiary/aromatic N) is 1. The van der Waals surface area contributed by atoms with Crippen molar-refractivity contribution < 1.29 is 19.0 Å². The van der Waals surface area contributed by atoms with Gasteiger partial charge in [0.2, 0.25) is 5.75 Å². The summed E-state index contributed by atoms with van der Waals surface area (Å²) in [5.74, 6) is 1.08. The second kappa shape index (κ2) is 9.46. The minimum Gasteiger partial charge on any atom is -0.493 e. The topological polar surface area (TPSA) is 60.0 Å². The molecule has 0 spiro atoms. The number of nitrogens with one attached hydrogen (secondary N) is 1. The van der Waals surface area contributed by atoms with Crippen molar-refractivity contribution in [2.24, 2.45) is 0 Å². The van der Waals surface area contributed by atoms with E-state index in [2.05, 4.69) is 22.3 Å². The first-order chi connectivity index (χ1) is 13.7. The number of hydrogen-bond donors (Lipinski definition) is 1. The van der Waals surface area contributed by atoms with Crippen LogP contribution in [0.5, 0.6) is 17.2 Å². The number of likely N-dealkylation sites (tertiary alicyclic amines) is 1. The molecule has 2 aromatic carbocycles. The van der Waals surface area contributed by atoms with Gasteiger partial charge in [-0.25, -0.2) is 0 Å². The molecule has 1 heterocycles. The average Bonchev–Trinajstić information content (AvgIpc) is 3.24. The molecule has 0 unspecified atom stereocenters. The predicted molar refractivity (Wildman–Crippen MR) is 108 cm³/mol. The number of carbonyl (C=O) groups excluding carboxylic acids is 1. The monoisotopic (exact) mass is 384 g/mol. The number of rotatable bonds is 8. The molecule has 1 amide bonds. The third-order valence-electron chi connectivity index (χ3n) is 5.10. The third-order valence-corrected chi connectivity index (χ3v) is 5.10. The van der Waals surface area contributed by atoms with Gasteiger partial charge < -0.3 is 19.5 Å². The van der Waals surface area contributed by atoms with Crippen molar-refractivity contribution in [3.63, 3.8) is 0 Å². The van der Waals surface area contributed by atoms with Gasteiger partial charge in [0.25, 0.3) is 5.91 Å². The van der Waals surface area contributed by atoms with Crippen LogP contribution in [0.1, 0.15) is 34.3 Å². The Labute approximate surface area is 166 Å². The minimum atomic E-state index is -0.214. The lowest BCUT2D eigenvalue weighted by molar-refractivity contribution is 0.0947. The standard InChI is InChI=1S/C22H28N2O4/c1-26-19-11-10-18(20(27-2)21(19)28-3)22(25)23-14-16-8-4-5-9-17(16)15-24-12-6-7-13-24/h4-5,8-11H,6-7,12-15H2,1-3H3,(H,23,25). The molecule has 3 rings (SSSR count). The van der Waals surface area contributed by atoms with Crippen LogP contribution in [0.15, 0.2) is 36.4 Å². The summed E-state index contributed by atoms with van der Waals surface area (Å²) >= 11 is 0. The van der Waals surface area contributed by atoms with Crippen molar-refractivity contribution in [3.8, 4) is 17.2 Å². The highest BCUT2D eigenvalue weighted by Gasteiger charge is 2.21. The molecule has 28 heavy (non-hydrogen) atoms. The van der Waals surface area contributed by atoms with E-state index in [0.29, 0.717) is 29.4 Å². The molecule has 1 aliphatic rings. The Morgan fingerprint density at radius 2 is 1.61 bits per heavy atom. The molecule has 1 aliphatic heterocycles. The summed E-state index contributed by atoms with van der Waals surface area (Å²) in [6.07, 6.45) is 2.52. The summed E-state index contributed by atoms with van der Waals surface area (Å²) in [6, 6.07) is 11.7. The Morgan fingerprint density at radius 3 is 2.25 bits per heavy atom. The van der Waals surface area contributed by atoms with E-state index in [4.69, 9.17) is 14.2 Å². The fraction of sp³-hybridized carbons (Fsp3) is 0.409. The van der Waals surface area contributed by atoms with Gasteiger partial charge in [-0.3, -0.25) is 9.69 Å². The quantitative estimate of drug-likeness (QED) is 0.757. The zero-order chi connectivity index (χ0) is 19.9. The molecule has 1 fully saturated rings. The van der Waals surface area contributed by atoms with Gasteiger partial charge in [-0.2, -0.15) is 0 Å². The molecule has 0 radical (unpaired) electrons. The lowest BCUT2D eigenvalue weighted by atomic mass is 10.1. The van der Waals surface area contributed by atoms with Crippen molar-refractivity contribution in [2.45, 2.75) is 25.9 Å². The Balaban J connectivity index is 1.74. The number of carbonyl (C=O) groups is 1.